The zero-order valence-corrected chi connectivity index (χ0v) is 10.3. The molecule has 16 heavy (non-hydrogen) atoms. The summed E-state index contributed by atoms with van der Waals surface area (Å²) in [6.45, 7) is 0.316. The van der Waals surface area contributed by atoms with Gasteiger partial charge in [-0.2, -0.15) is 5.10 Å². The van der Waals surface area contributed by atoms with E-state index in [0.29, 0.717) is 6.61 Å². The van der Waals surface area contributed by atoms with Crippen molar-refractivity contribution in [3.8, 4) is 5.75 Å². The number of ether oxygens (including phenoxy) is 1. The van der Waals surface area contributed by atoms with E-state index in [0.717, 1.165) is 9.26 Å². The summed E-state index contributed by atoms with van der Waals surface area (Å²) >= 11 is 2.13. The standard InChI is InChI=1S/C10H8IN3O2/c11-9-2-1-7(5-12-9)6-16-8-3-4-13-14-10(8)15/h1-5H,6H2,(H,14,15). The Morgan fingerprint density at radius 1 is 1.38 bits per heavy atom. The molecule has 0 spiro atoms. The first-order valence-electron chi connectivity index (χ1n) is 4.52. The number of hydrogen-bond acceptors (Lipinski definition) is 4. The Kier molecular flexibility index (Phi) is 3.50. The summed E-state index contributed by atoms with van der Waals surface area (Å²) < 4.78 is 6.26. The van der Waals surface area contributed by atoms with Crippen LogP contribution in [-0.2, 0) is 6.61 Å². The molecular weight excluding hydrogens is 321 g/mol. The Labute approximate surface area is 105 Å². The number of halogens is 1. The summed E-state index contributed by atoms with van der Waals surface area (Å²) in [5.41, 5.74) is 0.581. The predicted molar refractivity (Wildman–Crippen MR) is 66.1 cm³/mol. The fourth-order valence-corrected chi connectivity index (χ4v) is 1.42. The zero-order chi connectivity index (χ0) is 11.4. The SMILES string of the molecule is O=c1[nH]nccc1OCc1ccc(I)nc1. The van der Waals surface area contributed by atoms with Gasteiger partial charge in [-0.05, 0) is 28.7 Å². The van der Waals surface area contributed by atoms with Crippen LogP contribution in [0.15, 0.2) is 35.4 Å². The van der Waals surface area contributed by atoms with Gasteiger partial charge in [0.05, 0.1) is 6.20 Å². The molecule has 0 radical (unpaired) electrons. The van der Waals surface area contributed by atoms with E-state index in [9.17, 15) is 4.79 Å². The largest absolute Gasteiger partial charge is 0.483 e. The predicted octanol–water partition coefficient (Wildman–Crippen LogP) is 1.35. The van der Waals surface area contributed by atoms with Crippen molar-refractivity contribution in [2.24, 2.45) is 0 Å². The molecule has 0 amide bonds. The van der Waals surface area contributed by atoms with E-state index in [1.807, 2.05) is 12.1 Å². The minimum atomic E-state index is -0.332. The van der Waals surface area contributed by atoms with Gasteiger partial charge < -0.3 is 4.74 Å². The van der Waals surface area contributed by atoms with Crippen LogP contribution >= 0.6 is 22.6 Å². The molecule has 6 heteroatoms. The molecular formula is C10H8IN3O2. The molecule has 1 N–H and O–H groups in total. The molecule has 0 atom stereocenters. The number of pyridine rings is 1. The van der Waals surface area contributed by atoms with E-state index < -0.39 is 0 Å². The van der Waals surface area contributed by atoms with Gasteiger partial charge in [0.2, 0.25) is 0 Å². The minimum absolute atomic E-state index is 0.258. The van der Waals surface area contributed by atoms with Crippen molar-refractivity contribution in [1.29, 1.82) is 0 Å². The van der Waals surface area contributed by atoms with Gasteiger partial charge in [-0.15, -0.1) is 0 Å². The van der Waals surface area contributed by atoms with Crippen molar-refractivity contribution >= 4 is 22.6 Å². The molecule has 0 saturated heterocycles. The van der Waals surface area contributed by atoms with Gasteiger partial charge >= 0.3 is 5.56 Å². The fraction of sp³-hybridized carbons (Fsp3) is 0.100. The lowest BCUT2D eigenvalue weighted by Crippen LogP contribution is -2.11. The maximum Gasteiger partial charge on any atom is 0.306 e. The van der Waals surface area contributed by atoms with Crippen LogP contribution in [0.3, 0.4) is 0 Å². The zero-order valence-electron chi connectivity index (χ0n) is 8.18. The highest BCUT2D eigenvalue weighted by Crippen LogP contribution is 2.06. The van der Waals surface area contributed by atoms with Crippen molar-refractivity contribution in [2.75, 3.05) is 0 Å². The van der Waals surface area contributed by atoms with E-state index in [2.05, 4.69) is 37.8 Å². The van der Waals surface area contributed by atoms with E-state index >= 15 is 0 Å². The molecule has 2 aromatic rings. The fourth-order valence-electron chi connectivity index (χ4n) is 1.10. The number of aromatic amines is 1. The Bertz CT molecular complexity index is 524. The summed E-state index contributed by atoms with van der Waals surface area (Å²) in [6.07, 6.45) is 3.19. The van der Waals surface area contributed by atoms with Gasteiger partial charge in [-0.1, -0.05) is 6.07 Å². The monoisotopic (exact) mass is 329 g/mol. The highest BCUT2D eigenvalue weighted by Gasteiger charge is 2.00. The molecule has 0 aliphatic carbocycles. The van der Waals surface area contributed by atoms with Gasteiger partial charge in [0.1, 0.15) is 10.3 Å². The molecule has 2 rings (SSSR count). The highest BCUT2D eigenvalue weighted by atomic mass is 127. The molecule has 82 valence electrons. The topological polar surface area (TPSA) is 67.9 Å². The van der Waals surface area contributed by atoms with Crippen LogP contribution in [0, 0.1) is 3.70 Å². The van der Waals surface area contributed by atoms with Crippen LogP contribution < -0.4 is 10.3 Å². The summed E-state index contributed by atoms with van der Waals surface area (Å²) in [7, 11) is 0. The third kappa shape index (κ3) is 2.78. The second kappa shape index (κ2) is 5.06. The molecule has 0 unspecified atom stereocenters. The molecule has 2 heterocycles. The van der Waals surface area contributed by atoms with Crippen LogP contribution in [0.25, 0.3) is 0 Å². The summed E-state index contributed by atoms with van der Waals surface area (Å²) in [5.74, 6) is 0.258. The Hall–Kier alpha value is -1.44. The highest BCUT2D eigenvalue weighted by molar-refractivity contribution is 14.1. The first-order chi connectivity index (χ1) is 7.75. The summed E-state index contributed by atoms with van der Waals surface area (Å²) in [4.78, 5) is 15.4. The lowest BCUT2D eigenvalue weighted by Gasteiger charge is -2.04. The number of nitrogens with zero attached hydrogens (tertiary/aromatic N) is 2. The van der Waals surface area contributed by atoms with Crippen LogP contribution in [0.1, 0.15) is 5.56 Å². The van der Waals surface area contributed by atoms with Crippen LogP contribution in [0.2, 0.25) is 0 Å². The second-order valence-corrected chi connectivity index (χ2v) is 4.13. The van der Waals surface area contributed by atoms with Crippen LogP contribution in [-0.4, -0.2) is 15.2 Å². The van der Waals surface area contributed by atoms with Gasteiger partial charge in [0, 0.05) is 17.8 Å². The Morgan fingerprint density at radius 3 is 2.94 bits per heavy atom. The molecule has 0 saturated carbocycles. The third-order valence-electron chi connectivity index (χ3n) is 1.87. The summed E-state index contributed by atoms with van der Waals surface area (Å²) in [6, 6.07) is 5.32. The van der Waals surface area contributed by atoms with Gasteiger partial charge in [-0.3, -0.25) is 4.79 Å². The first-order valence-corrected chi connectivity index (χ1v) is 5.60. The number of hydrogen-bond donors (Lipinski definition) is 1. The smallest absolute Gasteiger partial charge is 0.306 e. The number of rotatable bonds is 3. The number of aromatic nitrogens is 3. The second-order valence-electron chi connectivity index (χ2n) is 3.03. The third-order valence-corrected chi connectivity index (χ3v) is 2.51. The van der Waals surface area contributed by atoms with Gasteiger partial charge in [0.15, 0.2) is 5.75 Å². The maximum absolute atomic E-state index is 11.2. The Morgan fingerprint density at radius 2 is 2.25 bits per heavy atom. The van der Waals surface area contributed by atoms with Crippen molar-refractivity contribution in [1.82, 2.24) is 15.2 Å². The average molecular weight is 329 g/mol. The van der Waals surface area contributed by atoms with E-state index in [1.54, 1.807) is 6.20 Å². The van der Waals surface area contributed by atoms with Crippen LogP contribution in [0.4, 0.5) is 0 Å². The summed E-state index contributed by atoms with van der Waals surface area (Å²) in [5, 5.41) is 5.88. The van der Waals surface area contributed by atoms with Crippen molar-refractivity contribution in [3.05, 3.63) is 50.2 Å². The van der Waals surface area contributed by atoms with Gasteiger partial charge in [0.25, 0.3) is 0 Å². The normalized spacial score (nSPS) is 10.1. The lowest BCUT2D eigenvalue weighted by molar-refractivity contribution is 0.300. The van der Waals surface area contributed by atoms with Gasteiger partial charge in [-0.25, -0.2) is 10.1 Å². The first kappa shape index (κ1) is 11.1. The van der Waals surface area contributed by atoms with E-state index in [4.69, 9.17) is 4.74 Å². The molecule has 0 aromatic carbocycles. The molecule has 0 aliphatic rings. The quantitative estimate of drug-likeness (QED) is 0.682. The number of H-pyrrole nitrogens is 1. The van der Waals surface area contributed by atoms with E-state index in [1.165, 1.54) is 12.3 Å². The minimum Gasteiger partial charge on any atom is -0.483 e. The number of nitrogens with one attached hydrogen (secondary N) is 1. The maximum atomic E-state index is 11.2. The van der Waals surface area contributed by atoms with E-state index in [-0.39, 0.29) is 11.3 Å². The molecule has 5 nitrogen and oxygen atoms in total. The molecule has 0 fully saturated rings. The average Bonchev–Trinajstić information content (AvgIpc) is 2.30. The van der Waals surface area contributed by atoms with Crippen molar-refractivity contribution < 1.29 is 4.74 Å². The molecule has 2 aromatic heterocycles. The van der Waals surface area contributed by atoms with Crippen molar-refractivity contribution in [3.63, 3.8) is 0 Å². The van der Waals surface area contributed by atoms with Crippen LogP contribution in [0.5, 0.6) is 5.75 Å². The lowest BCUT2D eigenvalue weighted by atomic mass is 10.3. The molecule has 0 bridgehead atoms. The molecule has 0 aliphatic heterocycles. The van der Waals surface area contributed by atoms with Crippen molar-refractivity contribution in [2.45, 2.75) is 6.61 Å². The Balaban J connectivity index is 2.05.